The van der Waals surface area contributed by atoms with Crippen molar-refractivity contribution in [2.24, 2.45) is 0 Å². The van der Waals surface area contributed by atoms with E-state index in [0.717, 1.165) is 63.3 Å². The Labute approximate surface area is 217 Å². The molecule has 0 spiro atoms. The quantitative estimate of drug-likeness (QED) is 0.273. The number of hydrogen-bond acceptors (Lipinski definition) is 7. The molecule has 0 amide bonds. The van der Waals surface area contributed by atoms with E-state index < -0.39 is 0 Å². The minimum Gasteiger partial charge on any atom is -0.467 e. The lowest BCUT2D eigenvalue weighted by atomic mass is 10.1. The van der Waals surface area contributed by atoms with E-state index in [0.29, 0.717) is 23.8 Å². The van der Waals surface area contributed by atoms with Gasteiger partial charge in [0.1, 0.15) is 17.4 Å². The predicted octanol–water partition coefficient (Wildman–Crippen LogP) is 5.61. The first kappa shape index (κ1) is 25.0. The van der Waals surface area contributed by atoms with Gasteiger partial charge in [-0.15, -0.1) is 0 Å². The number of nitrogens with one attached hydrogen (secondary N) is 2. The van der Waals surface area contributed by atoms with Crippen LogP contribution in [0, 0.1) is 19.7 Å². The van der Waals surface area contributed by atoms with E-state index in [1.807, 2.05) is 12.1 Å². The summed E-state index contributed by atoms with van der Waals surface area (Å²) in [5.41, 5.74) is 4.69. The third-order valence-corrected chi connectivity index (χ3v) is 7.14. The fourth-order valence-corrected chi connectivity index (χ4v) is 4.85. The van der Waals surface area contributed by atoms with Gasteiger partial charge in [-0.25, -0.2) is 9.37 Å². The van der Waals surface area contributed by atoms with E-state index in [-0.39, 0.29) is 5.82 Å². The molecule has 8 heteroatoms. The lowest BCUT2D eigenvalue weighted by molar-refractivity contribution is 0.253. The lowest BCUT2D eigenvalue weighted by Gasteiger charge is -2.37. The number of furan rings is 1. The number of piperazine rings is 1. The smallest absolute Gasteiger partial charge is 0.225 e. The molecule has 3 heterocycles. The first-order chi connectivity index (χ1) is 18.1. The molecule has 2 aromatic heterocycles. The maximum Gasteiger partial charge on any atom is 0.225 e. The van der Waals surface area contributed by atoms with Gasteiger partial charge in [-0.05, 0) is 74.7 Å². The first-order valence-electron chi connectivity index (χ1n) is 13.1. The lowest BCUT2D eigenvalue weighted by Crippen LogP contribution is -2.46. The molecule has 1 fully saturated rings. The number of halogens is 1. The number of aromatic nitrogens is 2. The molecule has 0 aliphatic carbocycles. The molecule has 4 aromatic rings. The van der Waals surface area contributed by atoms with Gasteiger partial charge in [0.25, 0.3) is 0 Å². The molecular weight excluding hydrogens is 467 g/mol. The minimum absolute atomic E-state index is 0.313. The number of rotatable bonds is 10. The second-order valence-electron chi connectivity index (χ2n) is 9.67. The molecule has 37 heavy (non-hydrogen) atoms. The van der Waals surface area contributed by atoms with Crippen molar-refractivity contribution in [1.82, 2.24) is 14.9 Å². The highest BCUT2D eigenvalue weighted by Gasteiger charge is 2.18. The van der Waals surface area contributed by atoms with Gasteiger partial charge in [0.05, 0.1) is 18.3 Å². The van der Waals surface area contributed by atoms with Crippen LogP contribution >= 0.6 is 0 Å². The molecule has 2 aromatic carbocycles. The number of anilines is 3. The summed E-state index contributed by atoms with van der Waals surface area (Å²) in [5.74, 6) is 1.65. The zero-order valence-electron chi connectivity index (χ0n) is 21.6. The highest BCUT2D eigenvalue weighted by molar-refractivity contribution is 5.90. The van der Waals surface area contributed by atoms with Crippen LogP contribution in [-0.2, 0) is 6.54 Å². The van der Waals surface area contributed by atoms with Gasteiger partial charge >= 0.3 is 0 Å². The number of aryl methyl sites for hydroxylation is 1. The van der Waals surface area contributed by atoms with Crippen LogP contribution < -0.4 is 15.5 Å². The summed E-state index contributed by atoms with van der Waals surface area (Å²) in [6, 6.07) is 14.9. The van der Waals surface area contributed by atoms with Gasteiger partial charge in [-0.1, -0.05) is 12.1 Å². The van der Waals surface area contributed by atoms with Crippen LogP contribution in [0.3, 0.4) is 0 Å². The average molecular weight is 503 g/mol. The van der Waals surface area contributed by atoms with Crippen molar-refractivity contribution in [3.05, 3.63) is 77.5 Å². The van der Waals surface area contributed by atoms with Crippen LogP contribution in [0.4, 0.5) is 21.8 Å². The van der Waals surface area contributed by atoms with E-state index in [2.05, 4.69) is 62.4 Å². The molecule has 0 saturated carbocycles. The van der Waals surface area contributed by atoms with Crippen LogP contribution in [-0.4, -0.2) is 54.1 Å². The van der Waals surface area contributed by atoms with Crippen molar-refractivity contribution in [1.29, 1.82) is 0 Å². The predicted molar refractivity (Wildman–Crippen MR) is 148 cm³/mol. The van der Waals surface area contributed by atoms with Gasteiger partial charge in [0.2, 0.25) is 5.95 Å². The standard InChI is InChI=1S/C29H35FN6O/c1-21-7-5-9-27(22(21)2)36-16-14-35(15-17-36)13-4-3-12-31-29-33-26-19-23(30)10-11-25(26)28(34-29)32-20-24-8-6-18-37-24/h5-11,18-19H,3-4,12-17,20H2,1-2H3,(H2,31,32,33,34). The molecule has 7 nitrogen and oxygen atoms in total. The van der Waals surface area contributed by atoms with E-state index in [9.17, 15) is 4.39 Å². The largest absolute Gasteiger partial charge is 0.467 e. The van der Waals surface area contributed by atoms with Crippen LogP contribution in [0.15, 0.2) is 59.2 Å². The number of nitrogens with zero attached hydrogens (tertiary/aromatic N) is 4. The SMILES string of the molecule is Cc1cccc(N2CCN(CCCCNc3nc(NCc4ccco4)c4ccc(F)cc4n3)CC2)c1C. The second kappa shape index (κ2) is 11.6. The topological polar surface area (TPSA) is 69.5 Å². The summed E-state index contributed by atoms with van der Waals surface area (Å²) >= 11 is 0. The highest BCUT2D eigenvalue weighted by Crippen LogP contribution is 2.25. The van der Waals surface area contributed by atoms with Gasteiger partial charge < -0.3 is 20.0 Å². The molecular formula is C29H35FN6O. The van der Waals surface area contributed by atoms with Crippen molar-refractivity contribution in [3.63, 3.8) is 0 Å². The Morgan fingerprint density at radius 2 is 1.81 bits per heavy atom. The van der Waals surface area contributed by atoms with Crippen molar-refractivity contribution in [2.75, 3.05) is 54.8 Å². The molecule has 1 aliphatic heterocycles. The fraction of sp³-hybridized carbons (Fsp3) is 0.379. The van der Waals surface area contributed by atoms with Gasteiger partial charge in [-0.3, -0.25) is 4.90 Å². The van der Waals surface area contributed by atoms with Gasteiger partial charge in [-0.2, -0.15) is 4.98 Å². The summed E-state index contributed by atoms with van der Waals surface area (Å²) in [6.45, 7) is 11.1. The summed E-state index contributed by atoms with van der Waals surface area (Å²) < 4.78 is 19.3. The zero-order chi connectivity index (χ0) is 25.6. The second-order valence-corrected chi connectivity index (χ2v) is 9.67. The van der Waals surface area contributed by atoms with Crippen molar-refractivity contribution in [3.8, 4) is 0 Å². The number of hydrogen-bond donors (Lipinski definition) is 2. The molecule has 0 atom stereocenters. The molecule has 5 rings (SSSR count). The molecule has 0 bridgehead atoms. The van der Waals surface area contributed by atoms with Crippen molar-refractivity contribution in [2.45, 2.75) is 33.2 Å². The monoisotopic (exact) mass is 502 g/mol. The Morgan fingerprint density at radius 1 is 0.946 bits per heavy atom. The summed E-state index contributed by atoms with van der Waals surface area (Å²) in [7, 11) is 0. The maximum absolute atomic E-state index is 13.9. The summed E-state index contributed by atoms with van der Waals surface area (Å²) in [6.07, 6.45) is 3.75. The third-order valence-electron chi connectivity index (χ3n) is 7.14. The van der Waals surface area contributed by atoms with Gasteiger partial charge in [0, 0.05) is 49.9 Å². The Hall–Kier alpha value is -3.65. The van der Waals surface area contributed by atoms with Crippen LogP contribution in [0.1, 0.15) is 29.7 Å². The maximum atomic E-state index is 13.9. The first-order valence-corrected chi connectivity index (χ1v) is 13.1. The highest BCUT2D eigenvalue weighted by atomic mass is 19.1. The van der Waals surface area contributed by atoms with Crippen molar-refractivity contribution >= 4 is 28.4 Å². The van der Waals surface area contributed by atoms with E-state index in [1.54, 1.807) is 12.3 Å². The summed E-state index contributed by atoms with van der Waals surface area (Å²) in [4.78, 5) is 14.3. The Bertz CT molecular complexity index is 1320. The third kappa shape index (κ3) is 6.20. The van der Waals surface area contributed by atoms with Crippen LogP contribution in [0.5, 0.6) is 0 Å². The minimum atomic E-state index is -0.313. The zero-order valence-corrected chi connectivity index (χ0v) is 21.6. The van der Waals surface area contributed by atoms with E-state index in [4.69, 9.17) is 4.42 Å². The van der Waals surface area contributed by atoms with Crippen molar-refractivity contribution < 1.29 is 8.81 Å². The van der Waals surface area contributed by atoms with E-state index in [1.165, 1.54) is 28.9 Å². The summed E-state index contributed by atoms with van der Waals surface area (Å²) in [5, 5.41) is 7.41. The molecule has 194 valence electrons. The normalized spacial score (nSPS) is 14.3. The Kier molecular flexibility index (Phi) is 7.84. The van der Waals surface area contributed by atoms with Crippen LogP contribution in [0.2, 0.25) is 0 Å². The Morgan fingerprint density at radius 3 is 2.62 bits per heavy atom. The fourth-order valence-electron chi connectivity index (χ4n) is 4.85. The number of benzene rings is 2. The molecule has 0 unspecified atom stereocenters. The van der Waals surface area contributed by atoms with Gasteiger partial charge in [0.15, 0.2) is 0 Å². The molecule has 2 N–H and O–H groups in total. The molecule has 0 radical (unpaired) electrons. The molecule has 1 aliphatic rings. The van der Waals surface area contributed by atoms with E-state index >= 15 is 0 Å². The van der Waals surface area contributed by atoms with Crippen LogP contribution in [0.25, 0.3) is 10.9 Å². The number of unbranched alkanes of at least 4 members (excludes halogenated alkanes) is 1. The average Bonchev–Trinajstić information content (AvgIpc) is 3.43. The Balaban J connectivity index is 1.10. The molecule has 1 saturated heterocycles. The number of fused-ring (bicyclic) bond motifs is 1.